The molecule has 1 atom stereocenters. The quantitative estimate of drug-likeness (QED) is 0.166. The first-order chi connectivity index (χ1) is 23.0. The van der Waals surface area contributed by atoms with Gasteiger partial charge in [-0.3, -0.25) is 9.48 Å². The van der Waals surface area contributed by atoms with Crippen LogP contribution in [0.1, 0.15) is 62.7 Å². The number of halogens is 1. The number of hydrogen-bond donors (Lipinski definition) is 1. The summed E-state index contributed by atoms with van der Waals surface area (Å²) in [5.74, 6) is -0.317. The van der Waals surface area contributed by atoms with Crippen LogP contribution in [0.3, 0.4) is 0 Å². The number of nitrogens with zero attached hydrogens (tertiary/aromatic N) is 5. The van der Waals surface area contributed by atoms with Crippen molar-refractivity contribution in [2.24, 2.45) is 14.1 Å². The summed E-state index contributed by atoms with van der Waals surface area (Å²) in [7, 11) is 3.84. The topological polar surface area (TPSA) is 94.5 Å². The minimum atomic E-state index is -1.01. The average molecular weight is 664 g/mol. The SMILES string of the molecule is Cc1cccc(OCCCc2c3n(c4c(-c5c(C)nn(C)c5C)c(Cl)ccc24)C(C)CN(c2cn(C)c4ccc(C(=O)O)cc24)C3=O)c1. The Balaban J connectivity index is 1.40. The van der Waals surface area contributed by atoms with Crippen LogP contribution in [-0.4, -0.2) is 49.0 Å². The first kappa shape index (κ1) is 31.6. The lowest BCUT2D eigenvalue weighted by molar-refractivity contribution is 0.0696. The lowest BCUT2D eigenvalue weighted by atomic mass is 9.98. The third-order valence-electron chi connectivity index (χ3n) is 9.65. The molecule has 1 aliphatic heterocycles. The Labute approximate surface area is 283 Å². The van der Waals surface area contributed by atoms with E-state index < -0.39 is 5.97 Å². The highest BCUT2D eigenvalue weighted by molar-refractivity contribution is 6.35. The highest BCUT2D eigenvalue weighted by Crippen LogP contribution is 2.45. The van der Waals surface area contributed by atoms with E-state index in [4.69, 9.17) is 21.4 Å². The molecular formula is C38H38ClN5O4. The van der Waals surface area contributed by atoms with Crippen molar-refractivity contribution >= 4 is 51.0 Å². The van der Waals surface area contributed by atoms with Gasteiger partial charge in [0.2, 0.25) is 0 Å². The molecule has 0 fully saturated rings. The summed E-state index contributed by atoms with van der Waals surface area (Å²) in [4.78, 5) is 28.6. The van der Waals surface area contributed by atoms with E-state index >= 15 is 0 Å². The number of carbonyl (C=O) groups is 2. The zero-order chi connectivity index (χ0) is 34.0. The first-order valence-electron chi connectivity index (χ1n) is 16.2. The van der Waals surface area contributed by atoms with Crippen LogP contribution in [0.15, 0.2) is 60.8 Å². The molecule has 0 spiro atoms. The number of carbonyl (C=O) groups excluding carboxylic acids is 1. The van der Waals surface area contributed by atoms with Crippen molar-refractivity contribution < 1.29 is 19.4 Å². The molecular weight excluding hydrogens is 626 g/mol. The van der Waals surface area contributed by atoms with E-state index in [-0.39, 0.29) is 17.5 Å². The van der Waals surface area contributed by atoms with Crippen molar-refractivity contribution in [3.05, 3.63) is 99.6 Å². The van der Waals surface area contributed by atoms with Gasteiger partial charge in [0.25, 0.3) is 5.91 Å². The molecule has 9 nitrogen and oxygen atoms in total. The fourth-order valence-electron chi connectivity index (χ4n) is 7.37. The summed E-state index contributed by atoms with van der Waals surface area (Å²) in [6.07, 6.45) is 3.22. The molecule has 0 saturated carbocycles. The summed E-state index contributed by atoms with van der Waals surface area (Å²) in [6, 6.07) is 16.9. The fraction of sp³-hybridized carbons (Fsp3) is 0.289. The highest BCUT2D eigenvalue weighted by atomic mass is 35.5. The molecule has 1 N–H and O–H groups in total. The number of carboxylic acids is 1. The van der Waals surface area contributed by atoms with Crippen LogP contribution < -0.4 is 9.64 Å². The summed E-state index contributed by atoms with van der Waals surface area (Å²) >= 11 is 7.05. The van der Waals surface area contributed by atoms with Crippen LogP contribution in [0, 0.1) is 20.8 Å². The molecule has 7 rings (SSSR count). The Hall–Kier alpha value is -5.02. The standard InChI is InChI=1S/C38H38ClN5O4/c1-21-9-7-10-26(17-21)48-16-8-11-27-28-13-14-30(39)34(33-23(3)40-42(6)24(33)4)35(28)44-22(2)19-43(37(45)36(27)44)32-20-41(5)31-15-12-25(38(46)47)18-29(31)32/h7,9-10,12-15,17-18,20,22H,8,11,16,19H2,1-6H3,(H,46,47). The van der Waals surface area contributed by atoms with Crippen LogP contribution in [0.5, 0.6) is 5.75 Å². The van der Waals surface area contributed by atoms with Gasteiger partial charge in [-0.1, -0.05) is 29.8 Å². The third kappa shape index (κ3) is 5.04. The Bertz CT molecular complexity index is 2280. The largest absolute Gasteiger partial charge is 0.494 e. The molecule has 1 aliphatic rings. The number of aryl methyl sites for hydroxylation is 5. The van der Waals surface area contributed by atoms with Gasteiger partial charge >= 0.3 is 5.97 Å². The molecule has 6 aromatic rings. The average Bonchev–Trinajstić information content (AvgIpc) is 3.65. The number of amides is 1. The summed E-state index contributed by atoms with van der Waals surface area (Å²) < 4.78 is 12.1. The van der Waals surface area contributed by atoms with Crippen LogP contribution in [-0.2, 0) is 20.5 Å². The number of hydrogen-bond acceptors (Lipinski definition) is 4. The highest BCUT2D eigenvalue weighted by Gasteiger charge is 2.37. The first-order valence-corrected chi connectivity index (χ1v) is 16.5. The molecule has 246 valence electrons. The monoisotopic (exact) mass is 663 g/mol. The van der Waals surface area contributed by atoms with Crippen molar-refractivity contribution in [1.29, 1.82) is 0 Å². The van der Waals surface area contributed by atoms with Gasteiger partial charge in [0.05, 0.1) is 34.1 Å². The number of rotatable bonds is 8. The molecule has 10 heteroatoms. The predicted octanol–water partition coefficient (Wildman–Crippen LogP) is 8.04. The van der Waals surface area contributed by atoms with Gasteiger partial charge in [0, 0.05) is 66.0 Å². The Morgan fingerprint density at radius 1 is 1.04 bits per heavy atom. The molecule has 4 heterocycles. The van der Waals surface area contributed by atoms with Crippen LogP contribution in [0.4, 0.5) is 5.69 Å². The summed E-state index contributed by atoms with van der Waals surface area (Å²) in [5, 5.41) is 16.8. The second-order valence-corrected chi connectivity index (χ2v) is 13.3. The van der Waals surface area contributed by atoms with Gasteiger partial charge in [-0.15, -0.1) is 0 Å². The lowest BCUT2D eigenvalue weighted by Gasteiger charge is -2.34. The second-order valence-electron chi connectivity index (χ2n) is 12.9. The minimum Gasteiger partial charge on any atom is -0.494 e. The Morgan fingerprint density at radius 2 is 1.83 bits per heavy atom. The van der Waals surface area contributed by atoms with Crippen LogP contribution in [0.25, 0.3) is 32.9 Å². The minimum absolute atomic E-state index is 0.120. The molecule has 0 radical (unpaired) electrons. The van der Waals surface area contributed by atoms with E-state index in [9.17, 15) is 14.7 Å². The van der Waals surface area contributed by atoms with Crippen LogP contribution in [0.2, 0.25) is 5.02 Å². The third-order valence-corrected chi connectivity index (χ3v) is 9.96. The van der Waals surface area contributed by atoms with E-state index in [1.165, 1.54) is 0 Å². The van der Waals surface area contributed by atoms with Crippen molar-refractivity contribution in [1.82, 2.24) is 18.9 Å². The molecule has 1 unspecified atom stereocenters. The summed E-state index contributed by atoms with van der Waals surface area (Å²) in [5.41, 5.74) is 9.06. The number of fused-ring (bicyclic) bond motifs is 4. The van der Waals surface area contributed by atoms with Gasteiger partial charge in [-0.25, -0.2) is 4.79 Å². The number of carboxylic acid groups (broad SMARTS) is 1. The van der Waals surface area contributed by atoms with Crippen molar-refractivity contribution in [3.63, 3.8) is 0 Å². The molecule has 1 amide bonds. The number of aromatic carboxylic acids is 1. The van der Waals surface area contributed by atoms with E-state index in [2.05, 4.69) is 11.5 Å². The number of aromatic nitrogens is 4. The Morgan fingerprint density at radius 3 is 2.54 bits per heavy atom. The van der Waals surface area contributed by atoms with Gasteiger partial charge in [-0.05, 0) is 88.1 Å². The molecule has 0 saturated heterocycles. The maximum atomic E-state index is 14.9. The fourth-order valence-corrected chi connectivity index (χ4v) is 7.62. The van der Waals surface area contributed by atoms with Gasteiger partial charge in [0.15, 0.2) is 0 Å². The number of benzene rings is 3. The lowest BCUT2D eigenvalue weighted by Crippen LogP contribution is -2.42. The second kappa shape index (κ2) is 11.9. The number of ether oxygens (including phenoxy) is 1. The van der Waals surface area contributed by atoms with Gasteiger partial charge in [-0.2, -0.15) is 5.10 Å². The smallest absolute Gasteiger partial charge is 0.335 e. The molecule has 3 aromatic carbocycles. The van der Waals surface area contributed by atoms with Crippen molar-refractivity contribution in [2.45, 2.75) is 46.6 Å². The molecule has 0 aliphatic carbocycles. The molecule has 48 heavy (non-hydrogen) atoms. The van der Waals surface area contributed by atoms with Gasteiger partial charge < -0.3 is 23.9 Å². The maximum Gasteiger partial charge on any atom is 0.335 e. The molecule has 0 bridgehead atoms. The van der Waals surface area contributed by atoms with Crippen LogP contribution >= 0.6 is 11.6 Å². The predicted molar refractivity (Wildman–Crippen MR) is 190 cm³/mol. The van der Waals surface area contributed by atoms with Crippen molar-refractivity contribution in [2.75, 3.05) is 18.1 Å². The van der Waals surface area contributed by atoms with Gasteiger partial charge in [0.1, 0.15) is 11.4 Å². The normalized spacial score (nSPS) is 14.7. The van der Waals surface area contributed by atoms with E-state index in [0.29, 0.717) is 42.4 Å². The number of anilines is 1. The van der Waals surface area contributed by atoms with Crippen molar-refractivity contribution in [3.8, 4) is 16.9 Å². The van der Waals surface area contributed by atoms with E-state index in [1.54, 1.807) is 23.1 Å². The Kier molecular flexibility index (Phi) is 7.83. The van der Waals surface area contributed by atoms with E-state index in [0.717, 1.165) is 61.2 Å². The van der Waals surface area contributed by atoms with E-state index in [1.807, 2.05) is 86.7 Å². The zero-order valence-electron chi connectivity index (χ0n) is 28.0. The summed E-state index contributed by atoms with van der Waals surface area (Å²) in [6.45, 7) is 9.08. The molecule has 3 aromatic heterocycles. The zero-order valence-corrected chi connectivity index (χ0v) is 28.7. The maximum absolute atomic E-state index is 14.9.